The van der Waals surface area contributed by atoms with Crippen LogP contribution >= 0.6 is 0 Å². The zero-order valence-electron chi connectivity index (χ0n) is 15.6. The van der Waals surface area contributed by atoms with Gasteiger partial charge < -0.3 is 14.3 Å². The minimum absolute atomic E-state index is 0.00419. The Morgan fingerprint density at radius 2 is 2.25 bits per heavy atom. The summed E-state index contributed by atoms with van der Waals surface area (Å²) in [5.41, 5.74) is 0.667. The SMILES string of the molecule is O=C(NCCc1nc(-c2ccccn2)no1)[C@@H]1CCCN(Cc2ccco2)C1. The van der Waals surface area contributed by atoms with Crippen molar-refractivity contribution < 1.29 is 13.7 Å². The van der Waals surface area contributed by atoms with Crippen LogP contribution in [0.4, 0.5) is 0 Å². The summed E-state index contributed by atoms with van der Waals surface area (Å²) < 4.78 is 10.7. The van der Waals surface area contributed by atoms with Crippen LogP contribution in [0.3, 0.4) is 0 Å². The number of rotatable bonds is 7. The van der Waals surface area contributed by atoms with Gasteiger partial charge >= 0.3 is 0 Å². The summed E-state index contributed by atoms with van der Waals surface area (Å²) in [4.78, 5) is 23.3. The van der Waals surface area contributed by atoms with E-state index in [0.29, 0.717) is 30.4 Å². The first kappa shape index (κ1) is 18.4. The van der Waals surface area contributed by atoms with E-state index >= 15 is 0 Å². The molecule has 146 valence electrons. The summed E-state index contributed by atoms with van der Waals surface area (Å²) in [6.07, 6.45) is 5.78. The molecule has 0 saturated carbocycles. The van der Waals surface area contributed by atoms with Crippen LogP contribution in [-0.2, 0) is 17.8 Å². The van der Waals surface area contributed by atoms with Gasteiger partial charge in [-0.05, 0) is 43.7 Å². The molecule has 28 heavy (non-hydrogen) atoms. The van der Waals surface area contributed by atoms with Gasteiger partial charge in [-0.25, -0.2) is 0 Å². The van der Waals surface area contributed by atoms with Gasteiger partial charge in [-0.3, -0.25) is 14.7 Å². The van der Waals surface area contributed by atoms with Gasteiger partial charge in [-0.1, -0.05) is 11.2 Å². The molecule has 1 amide bonds. The number of likely N-dealkylation sites (tertiary alicyclic amines) is 1. The van der Waals surface area contributed by atoms with E-state index in [0.717, 1.165) is 38.2 Å². The van der Waals surface area contributed by atoms with E-state index < -0.39 is 0 Å². The molecule has 0 aliphatic carbocycles. The van der Waals surface area contributed by atoms with Crippen LogP contribution in [-0.4, -0.2) is 45.6 Å². The number of carbonyl (C=O) groups excluding carboxylic acids is 1. The van der Waals surface area contributed by atoms with E-state index in [4.69, 9.17) is 8.94 Å². The van der Waals surface area contributed by atoms with Gasteiger partial charge in [0.1, 0.15) is 11.5 Å². The Bertz CT molecular complexity index is 878. The largest absolute Gasteiger partial charge is 0.468 e. The first-order valence-electron chi connectivity index (χ1n) is 9.54. The number of aromatic nitrogens is 3. The zero-order chi connectivity index (χ0) is 19.2. The number of nitrogens with one attached hydrogen (secondary N) is 1. The highest BCUT2D eigenvalue weighted by Crippen LogP contribution is 2.19. The molecule has 3 aromatic heterocycles. The third-order valence-corrected chi connectivity index (χ3v) is 4.84. The Hall–Kier alpha value is -3.00. The van der Waals surface area contributed by atoms with E-state index in [1.54, 1.807) is 12.5 Å². The van der Waals surface area contributed by atoms with Crippen molar-refractivity contribution in [3.63, 3.8) is 0 Å². The van der Waals surface area contributed by atoms with Crippen molar-refractivity contribution in [2.45, 2.75) is 25.8 Å². The zero-order valence-corrected chi connectivity index (χ0v) is 15.6. The molecular formula is C20H23N5O3. The van der Waals surface area contributed by atoms with Crippen LogP contribution in [0.1, 0.15) is 24.5 Å². The second kappa shape index (κ2) is 8.79. The molecule has 1 aliphatic rings. The quantitative estimate of drug-likeness (QED) is 0.670. The number of pyridine rings is 1. The highest BCUT2D eigenvalue weighted by Gasteiger charge is 2.26. The molecule has 3 aromatic rings. The van der Waals surface area contributed by atoms with E-state index in [1.807, 2.05) is 30.3 Å². The predicted molar refractivity (Wildman–Crippen MR) is 101 cm³/mol. The molecule has 8 heteroatoms. The van der Waals surface area contributed by atoms with Crippen molar-refractivity contribution >= 4 is 5.91 Å². The topological polar surface area (TPSA) is 97.3 Å². The number of hydrogen-bond acceptors (Lipinski definition) is 7. The van der Waals surface area contributed by atoms with Crippen LogP contribution < -0.4 is 5.32 Å². The van der Waals surface area contributed by atoms with Crippen LogP contribution in [0.15, 0.2) is 51.7 Å². The van der Waals surface area contributed by atoms with Gasteiger partial charge in [0.25, 0.3) is 0 Å². The lowest BCUT2D eigenvalue weighted by Crippen LogP contribution is -2.43. The Labute approximate surface area is 162 Å². The number of hydrogen-bond donors (Lipinski definition) is 1. The van der Waals surface area contributed by atoms with Crippen LogP contribution in [0.5, 0.6) is 0 Å². The lowest BCUT2D eigenvalue weighted by Gasteiger charge is -2.31. The van der Waals surface area contributed by atoms with Crippen molar-refractivity contribution in [3.05, 3.63) is 54.4 Å². The highest BCUT2D eigenvalue weighted by molar-refractivity contribution is 5.78. The summed E-state index contributed by atoms with van der Waals surface area (Å²) >= 11 is 0. The van der Waals surface area contributed by atoms with Gasteiger partial charge in [-0.15, -0.1) is 0 Å². The van der Waals surface area contributed by atoms with Gasteiger partial charge in [-0.2, -0.15) is 4.98 Å². The monoisotopic (exact) mass is 381 g/mol. The van der Waals surface area contributed by atoms with Crippen LogP contribution in [0.25, 0.3) is 11.5 Å². The number of amides is 1. The average Bonchev–Trinajstić information content (AvgIpc) is 3.41. The third-order valence-electron chi connectivity index (χ3n) is 4.84. The predicted octanol–water partition coefficient (Wildman–Crippen LogP) is 2.30. The van der Waals surface area contributed by atoms with Crippen molar-refractivity contribution in [1.29, 1.82) is 0 Å². The molecule has 8 nitrogen and oxygen atoms in total. The molecule has 4 heterocycles. The highest BCUT2D eigenvalue weighted by atomic mass is 16.5. The number of carbonyl (C=O) groups is 1. The molecule has 1 fully saturated rings. The molecule has 0 bridgehead atoms. The Morgan fingerprint density at radius 1 is 1.29 bits per heavy atom. The Kier molecular flexibility index (Phi) is 5.77. The second-order valence-electron chi connectivity index (χ2n) is 6.92. The fourth-order valence-electron chi connectivity index (χ4n) is 3.43. The Morgan fingerprint density at radius 3 is 3.07 bits per heavy atom. The third kappa shape index (κ3) is 4.64. The van der Waals surface area contributed by atoms with Crippen molar-refractivity contribution in [3.8, 4) is 11.5 Å². The molecule has 1 atom stereocenters. The van der Waals surface area contributed by atoms with E-state index in [2.05, 4.69) is 25.3 Å². The molecule has 0 spiro atoms. The molecule has 4 rings (SSSR count). The maximum Gasteiger partial charge on any atom is 0.228 e. The van der Waals surface area contributed by atoms with Gasteiger partial charge in [0, 0.05) is 25.7 Å². The second-order valence-corrected chi connectivity index (χ2v) is 6.92. The van der Waals surface area contributed by atoms with Gasteiger partial charge in [0.05, 0.1) is 18.7 Å². The smallest absolute Gasteiger partial charge is 0.228 e. The Balaban J connectivity index is 1.24. The minimum atomic E-state index is -0.00419. The maximum absolute atomic E-state index is 12.5. The fourth-order valence-corrected chi connectivity index (χ4v) is 3.43. The number of nitrogens with zero attached hydrogens (tertiary/aromatic N) is 4. The lowest BCUT2D eigenvalue weighted by molar-refractivity contribution is -0.126. The summed E-state index contributed by atoms with van der Waals surface area (Å²) in [7, 11) is 0. The van der Waals surface area contributed by atoms with Crippen molar-refractivity contribution in [2.75, 3.05) is 19.6 Å². The summed E-state index contributed by atoms with van der Waals surface area (Å²) in [5.74, 6) is 1.96. The maximum atomic E-state index is 12.5. The number of furan rings is 1. The van der Waals surface area contributed by atoms with Gasteiger partial charge in [0.2, 0.25) is 17.6 Å². The summed E-state index contributed by atoms with van der Waals surface area (Å²) in [6.45, 7) is 2.95. The van der Waals surface area contributed by atoms with Crippen molar-refractivity contribution in [2.24, 2.45) is 5.92 Å². The van der Waals surface area contributed by atoms with E-state index in [9.17, 15) is 4.79 Å². The molecule has 1 saturated heterocycles. The van der Waals surface area contributed by atoms with Crippen LogP contribution in [0.2, 0.25) is 0 Å². The van der Waals surface area contributed by atoms with Gasteiger partial charge in [0.15, 0.2) is 0 Å². The summed E-state index contributed by atoms with van der Waals surface area (Å²) in [5, 5.41) is 6.94. The van der Waals surface area contributed by atoms with Crippen molar-refractivity contribution in [1.82, 2.24) is 25.3 Å². The average molecular weight is 381 g/mol. The van der Waals surface area contributed by atoms with E-state index in [-0.39, 0.29) is 11.8 Å². The summed E-state index contributed by atoms with van der Waals surface area (Å²) in [6, 6.07) is 9.39. The molecular weight excluding hydrogens is 358 g/mol. The molecule has 0 radical (unpaired) electrons. The first-order valence-corrected chi connectivity index (χ1v) is 9.54. The lowest BCUT2D eigenvalue weighted by atomic mass is 9.97. The molecule has 1 aliphatic heterocycles. The first-order chi connectivity index (χ1) is 13.8. The van der Waals surface area contributed by atoms with Crippen LogP contribution in [0, 0.1) is 5.92 Å². The molecule has 0 unspecified atom stereocenters. The molecule has 0 aromatic carbocycles. The normalized spacial score (nSPS) is 17.5. The minimum Gasteiger partial charge on any atom is -0.468 e. The standard InChI is InChI=1S/C20H23N5O3/c26-20(15-5-3-11-25(13-15)14-16-6-4-12-27-16)22-10-8-18-23-19(24-28-18)17-7-1-2-9-21-17/h1-2,4,6-7,9,12,15H,3,5,8,10-11,13-14H2,(H,22,26)/t15-/m1/s1. The molecule has 1 N–H and O–H groups in total. The fraction of sp³-hybridized carbons (Fsp3) is 0.400. The van der Waals surface area contributed by atoms with E-state index in [1.165, 1.54) is 0 Å². The number of piperidine rings is 1.